The molecule has 0 fully saturated rings. The number of carboxylic acid groups (broad SMARTS) is 1. The number of hydrogen-bond acceptors (Lipinski definition) is 7. The average molecular weight is 317 g/mol. The number of nitrogens with two attached hydrogens (primary N) is 1. The largest absolute Gasteiger partial charge is 0.481 e. The van der Waals surface area contributed by atoms with Crippen molar-refractivity contribution in [2.75, 3.05) is 58.9 Å². The molecule has 0 aromatic heterocycles. The molecular weight excluding hydrogens is 286 g/mol. The zero-order valence-corrected chi connectivity index (χ0v) is 13.5. The fourth-order valence-corrected chi connectivity index (χ4v) is 1.88. The van der Waals surface area contributed by atoms with E-state index in [4.69, 9.17) is 10.8 Å². The van der Waals surface area contributed by atoms with E-state index in [-0.39, 0.29) is 12.2 Å². The van der Waals surface area contributed by atoms with E-state index < -0.39 is 11.9 Å². The Balaban J connectivity index is 3.35. The maximum Gasteiger partial charge on any atom is 0.308 e. The fraction of sp³-hybridized carbons (Fsp3) is 0.857. The minimum absolute atomic E-state index is 0.0812. The lowest BCUT2D eigenvalue weighted by atomic mass is 10.0. The third-order valence-corrected chi connectivity index (χ3v) is 3.03. The van der Waals surface area contributed by atoms with Gasteiger partial charge in [-0.3, -0.25) is 4.79 Å². The van der Waals surface area contributed by atoms with Gasteiger partial charge in [-0.05, 0) is 6.92 Å². The molecule has 0 saturated carbocycles. The first-order chi connectivity index (χ1) is 10.6. The van der Waals surface area contributed by atoms with Crippen molar-refractivity contribution in [3.63, 3.8) is 0 Å². The van der Waals surface area contributed by atoms with E-state index in [1.165, 1.54) is 6.92 Å². The lowest BCUT2D eigenvalue weighted by Crippen LogP contribution is -2.37. The molecule has 0 aliphatic carbocycles. The SMILES string of the molecule is CC(=O)CC(CNCCNCCNCCNCCN)C(=O)O. The van der Waals surface area contributed by atoms with Crippen LogP contribution in [0.1, 0.15) is 13.3 Å². The number of rotatable bonds is 16. The van der Waals surface area contributed by atoms with Gasteiger partial charge < -0.3 is 36.9 Å². The summed E-state index contributed by atoms with van der Waals surface area (Å²) < 4.78 is 0. The molecule has 0 spiro atoms. The summed E-state index contributed by atoms with van der Waals surface area (Å²) in [5.41, 5.74) is 5.36. The lowest BCUT2D eigenvalue weighted by Gasteiger charge is -2.12. The summed E-state index contributed by atoms with van der Waals surface area (Å²) in [5, 5.41) is 21.8. The average Bonchev–Trinajstić information content (AvgIpc) is 2.46. The van der Waals surface area contributed by atoms with Crippen LogP contribution in [-0.4, -0.2) is 75.8 Å². The topological polar surface area (TPSA) is 129 Å². The smallest absolute Gasteiger partial charge is 0.308 e. The number of nitrogens with one attached hydrogen (secondary N) is 4. The second-order valence-electron chi connectivity index (χ2n) is 5.18. The molecule has 8 heteroatoms. The standard InChI is InChI=1S/C14H31N5O3/c1-12(20)10-13(14(21)22)11-19-9-8-18-7-6-17-5-4-16-3-2-15/h13,16-19H,2-11,15H2,1H3,(H,21,22). The van der Waals surface area contributed by atoms with Gasteiger partial charge in [0.25, 0.3) is 0 Å². The first kappa shape index (κ1) is 20.9. The van der Waals surface area contributed by atoms with Gasteiger partial charge in [-0.2, -0.15) is 0 Å². The second-order valence-corrected chi connectivity index (χ2v) is 5.18. The van der Waals surface area contributed by atoms with Crippen LogP contribution in [0.4, 0.5) is 0 Å². The predicted molar refractivity (Wildman–Crippen MR) is 87.0 cm³/mol. The van der Waals surface area contributed by atoms with E-state index in [2.05, 4.69) is 21.3 Å². The maximum atomic E-state index is 11.0. The third-order valence-electron chi connectivity index (χ3n) is 3.03. The first-order valence-electron chi connectivity index (χ1n) is 7.83. The molecule has 1 atom stereocenters. The molecule has 0 bridgehead atoms. The summed E-state index contributed by atoms with van der Waals surface area (Å²) in [6.45, 7) is 8.23. The number of aliphatic carboxylic acids is 1. The normalized spacial score (nSPS) is 12.3. The summed E-state index contributed by atoms with van der Waals surface area (Å²) in [4.78, 5) is 21.9. The van der Waals surface area contributed by atoms with Crippen LogP contribution >= 0.6 is 0 Å². The van der Waals surface area contributed by atoms with Gasteiger partial charge in [0.05, 0.1) is 5.92 Å². The molecular formula is C14H31N5O3. The Labute approximate surface area is 132 Å². The molecule has 0 rings (SSSR count). The van der Waals surface area contributed by atoms with Crippen molar-refractivity contribution < 1.29 is 14.7 Å². The van der Waals surface area contributed by atoms with Crippen LogP contribution < -0.4 is 27.0 Å². The molecule has 0 aliphatic rings. The molecule has 0 aliphatic heterocycles. The molecule has 0 amide bonds. The molecule has 0 aromatic rings. The summed E-state index contributed by atoms with van der Waals surface area (Å²) in [5.74, 6) is -1.66. The van der Waals surface area contributed by atoms with Crippen LogP contribution in [0.2, 0.25) is 0 Å². The van der Waals surface area contributed by atoms with Crippen molar-refractivity contribution in [1.29, 1.82) is 0 Å². The molecule has 0 radical (unpaired) electrons. The van der Waals surface area contributed by atoms with Crippen LogP contribution in [-0.2, 0) is 9.59 Å². The second kappa shape index (κ2) is 14.9. The van der Waals surface area contributed by atoms with Crippen LogP contribution in [0.25, 0.3) is 0 Å². The van der Waals surface area contributed by atoms with Gasteiger partial charge in [0.15, 0.2) is 0 Å². The zero-order valence-electron chi connectivity index (χ0n) is 13.5. The highest BCUT2D eigenvalue weighted by Gasteiger charge is 2.18. The van der Waals surface area contributed by atoms with Crippen molar-refractivity contribution in [3.8, 4) is 0 Å². The van der Waals surface area contributed by atoms with E-state index in [0.717, 1.165) is 39.3 Å². The number of hydrogen-bond donors (Lipinski definition) is 6. The predicted octanol–water partition coefficient (Wildman–Crippen LogP) is -2.02. The van der Waals surface area contributed by atoms with Crippen molar-refractivity contribution >= 4 is 11.8 Å². The highest BCUT2D eigenvalue weighted by Crippen LogP contribution is 2.02. The van der Waals surface area contributed by atoms with Crippen LogP contribution in [0.5, 0.6) is 0 Å². The Bertz CT molecular complexity index is 302. The minimum atomic E-state index is -0.928. The number of ketones is 1. The Morgan fingerprint density at radius 2 is 1.36 bits per heavy atom. The quantitative estimate of drug-likeness (QED) is 0.180. The van der Waals surface area contributed by atoms with Crippen molar-refractivity contribution in [2.24, 2.45) is 11.7 Å². The molecule has 7 N–H and O–H groups in total. The first-order valence-corrected chi connectivity index (χ1v) is 7.83. The fourth-order valence-electron chi connectivity index (χ4n) is 1.88. The van der Waals surface area contributed by atoms with Gasteiger partial charge in [-0.25, -0.2) is 0 Å². The van der Waals surface area contributed by atoms with Gasteiger partial charge in [0.1, 0.15) is 5.78 Å². The number of carbonyl (C=O) groups is 2. The van der Waals surface area contributed by atoms with Gasteiger partial charge in [-0.1, -0.05) is 0 Å². The van der Waals surface area contributed by atoms with Crippen molar-refractivity contribution in [1.82, 2.24) is 21.3 Å². The van der Waals surface area contributed by atoms with Crippen LogP contribution in [0.3, 0.4) is 0 Å². The highest BCUT2D eigenvalue weighted by molar-refractivity contribution is 5.82. The van der Waals surface area contributed by atoms with Gasteiger partial charge in [0, 0.05) is 65.3 Å². The van der Waals surface area contributed by atoms with E-state index in [9.17, 15) is 9.59 Å². The van der Waals surface area contributed by atoms with E-state index >= 15 is 0 Å². The maximum absolute atomic E-state index is 11.0. The number of carbonyl (C=O) groups excluding carboxylic acids is 1. The number of carboxylic acids is 1. The van der Waals surface area contributed by atoms with Gasteiger partial charge in [-0.15, -0.1) is 0 Å². The number of Topliss-reactive ketones (excluding diaryl/α,β-unsaturated/α-hetero) is 1. The van der Waals surface area contributed by atoms with Crippen LogP contribution in [0.15, 0.2) is 0 Å². The monoisotopic (exact) mass is 317 g/mol. The zero-order chi connectivity index (χ0) is 16.6. The van der Waals surface area contributed by atoms with E-state index in [1.807, 2.05) is 0 Å². The van der Waals surface area contributed by atoms with Crippen molar-refractivity contribution in [2.45, 2.75) is 13.3 Å². The van der Waals surface area contributed by atoms with E-state index in [1.54, 1.807) is 0 Å². The molecule has 22 heavy (non-hydrogen) atoms. The van der Waals surface area contributed by atoms with Crippen LogP contribution in [0, 0.1) is 5.92 Å². The summed E-state index contributed by atoms with van der Waals surface area (Å²) in [6, 6.07) is 0. The molecule has 130 valence electrons. The lowest BCUT2D eigenvalue weighted by molar-refractivity contribution is -0.143. The molecule has 0 saturated heterocycles. The Hall–Kier alpha value is -1.06. The van der Waals surface area contributed by atoms with Gasteiger partial charge >= 0.3 is 5.97 Å². The summed E-state index contributed by atoms with van der Waals surface area (Å²) in [7, 11) is 0. The highest BCUT2D eigenvalue weighted by atomic mass is 16.4. The molecule has 1 unspecified atom stereocenters. The molecule has 0 heterocycles. The Morgan fingerprint density at radius 3 is 1.77 bits per heavy atom. The Morgan fingerprint density at radius 1 is 0.909 bits per heavy atom. The Kier molecular flexibility index (Phi) is 14.1. The van der Waals surface area contributed by atoms with Crippen molar-refractivity contribution in [3.05, 3.63) is 0 Å². The molecule has 8 nitrogen and oxygen atoms in total. The molecule has 0 aromatic carbocycles. The summed E-state index contributed by atoms with van der Waals surface area (Å²) in [6.07, 6.45) is 0.0812. The van der Waals surface area contributed by atoms with Gasteiger partial charge in [0.2, 0.25) is 0 Å². The summed E-state index contributed by atoms with van der Waals surface area (Å²) >= 11 is 0. The van der Waals surface area contributed by atoms with E-state index in [0.29, 0.717) is 19.6 Å². The third kappa shape index (κ3) is 13.9. The minimum Gasteiger partial charge on any atom is -0.481 e.